The van der Waals surface area contributed by atoms with E-state index < -0.39 is 0 Å². The summed E-state index contributed by atoms with van der Waals surface area (Å²) in [6.07, 6.45) is 0.295. The molecule has 0 spiro atoms. The van der Waals surface area contributed by atoms with Crippen molar-refractivity contribution in [3.05, 3.63) is 0 Å². The Bertz CT molecular complexity index is 101. The molecule has 0 amide bonds. The predicted molar refractivity (Wildman–Crippen MR) is 37.7 cm³/mol. The molecule has 10 heavy (non-hydrogen) atoms. The monoisotopic (exact) mass is 146 g/mol. The van der Waals surface area contributed by atoms with Crippen LogP contribution in [0.4, 0.5) is 0 Å². The van der Waals surface area contributed by atoms with E-state index in [0.29, 0.717) is 13.0 Å². The summed E-state index contributed by atoms with van der Waals surface area (Å²) in [4.78, 5) is 10.7. The molecule has 0 aliphatic rings. The molecule has 0 radical (unpaired) electrons. The van der Waals surface area contributed by atoms with Crippen molar-refractivity contribution in [2.24, 2.45) is 0 Å². The molecule has 0 aromatic rings. The third-order valence-corrected chi connectivity index (χ3v) is 1.16. The fourth-order valence-electron chi connectivity index (χ4n) is 0.538. The Labute approximate surface area is 61.3 Å². The predicted octanol–water partition coefficient (Wildman–Crippen LogP) is 0.975. The molecular formula is C7H14O3. The molecule has 0 saturated carbocycles. The molecule has 3 heteroatoms. The first-order valence-electron chi connectivity index (χ1n) is 3.39. The molecule has 0 fully saturated rings. The third-order valence-electron chi connectivity index (χ3n) is 1.16. The van der Waals surface area contributed by atoms with Gasteiger partial charge in [-0.25, -0.2) is 0 Å². The van der Waals surface area contributed by atoms with Crippen LogP contribution in [0.5, 0.6) is 0 Å². The SMILES string of the molecule is CCOC(=O)C[C@@H](C)OC. The number of ether oxygens (including phenoxy) is 2. The lowest BCUT2D eigenvalue weighted by Gasteiger charge is -2.07. The van der Waals surface area contributed by atoms with Crippen molar-refractivity contribution in [1.82, 2.24) is 0 Å². The minimum Gasteiger partial charge on any atom is -0.466 e. The first kappa shape index (κ1) is 9.43. The average molecular weight is 146 g/mol. The number of hydrogen-bond acceptors (Lipinski definition) is 3. The first-order valence-corrected chi connectivity index (χ1v) is 3.39. The van der Waals surface area contributed by atoms with Crippen molar-refractivity contribution in [2.75, 3.05) is 13.7 Å². The molecule has 60 valence electrons. The van der Waals surface area contributed by atoms with Gasteiger partial charge in [0, 0.05) is 7.11 Å². The average Bonchev–Trinajstić information content (AvgIpc) is 1.88. The molecule has 0 saturated heterocycles. The normalized spacial score (nSPS) is 12.7. The van der Waals surface area contributed by atoms with Crippen LogP contribution in [0, 0.1) is 0 Å². The van der Waals surface area contributed by atoms with Gasteiger partial charge in [0.2, 0.25) is 0 Å². The maximum absolute atomic E-state index is 10.7. The number of rotatable bonds is 4. The van der Waals surface area contributed by atoms with Crippen molar-refractivity contribution in [1.29, 1.82) is 0 Å². The molecule has 3 nitrogen and oxygen atoms in total. The van der Waals surface area contributed by atoms with Gasteiger partial charge >= 0.3 is 5.97 Å². The zero-order chi connectivity index (χ0) is 7.98. The van der Waals surface area contributed by atoms with Crippen LogP contribution in [0.3, 0.4) is 0 Å². The van der Waals surface area contributed by atoms with E-state index in [1.54, 1.807) is 14.0 Å². The second kappa shape index (κ2) is 5.23. The fraction of sp³-hybridized carbons (Fsp3) is 0.857. The molecule has 0 unspecified atom stereocenters. The van der Waals surface area contributed by atoms with Gasteiger partial charge in [0.25, 0.3) is 0 Å². The van der Waals surface area contributed by atoms with Gasteiger partial charge in [-0.1, -0.05) is 0 Å². The lowest BCUT2D eigenvalue weighted by atomic mass is 10.3. The van der Waals surface area contributed by atoms with Gasteiger partial charge in [-0.15, -0.1) is 0 Å². The van der Waals surface area contributed by atoms with Crippen molar-refractivity contribution >= 4 is 5.97 Å². The summed E-state index contributed by atoms with van der Waals surface area (Å²) in [5.41, 5.74) is 0. The van der Waals surface area contributed by atoms with E-state index in [-0.39, 0.29) is 12.1 Å². The van der Waals surface area contributed by atoms with Crippen LogP contribution in [-0.4, -0.2) is 25.8 Å². The van der Waals surface area contributed by atoms with Crippen molar-refractivity contribution in [2.45, 2.75) is 26.4 Å². The number of hydrogen-bond donors (Lipinski definition) is 0. The quantitative estimate of drug-likeness (QED) is 0.554. The Kier molecular flexibility index (Phi) is 4.94. The maximum Gasteiger partial charge on any atom is 0.308 e. The van der Waals surface area contributed by atoms with E-state index in [1.807, 2.05) is 6.92 Å². The third kappa shape index (κ3) is 4.32. The minimum atomic E-state index is -0.197. The number of carbonyl (C=O) groups is 1. The van der Waals surface area contributed by atoms with Crippen LogP contribution in [0.1, 0.15) is 20.3 Å². The highest BCUT2D eigenvalue weighted by Crippen LogP contribution is 1.96. The van der Waals surface area contributed by atoms with Crippen LogP contribution in [0.2, 0.25) is 0 Å². The fourth-order valence-corrected chi connectivity index (χ4v) is 0.538. The Morgan fingerprint density at radius 3 is 2.60 bits per heavy atom. The summed E-state index contributed by atoms with van der Waals surface area (Å²) in [5.74, 6) is -0.197. The van der Waals surface area contributed by atoms with Gasteiger partial charge < -0.3 is 9.47 Å². The van der Waals surface area contributed by atoms with Gasteiger partial charge in [0.15, 0.2) is 0 Å². The van der Waals surface area contributed by atoms with Crippen LogP contribution in [0.25, 0.3) is 0 Å². The van der Waals surface area contributed by atoms with Gasteiger partial charge in [0.1, 0.15) is 0 Å². The molecule has 0 aliphatic heterocycles. The van der Waals surface area contributed by atoms with E-state index in [0.717, 1.165) is 0 Å². The van der Waals surface area contributed by atoms with Crippen molar-refractivity contribution in [3.63, 3.8) is 0 Å². The summed E-state index contributed by atoms with van der Waals surface area (Å²) in [7, 11) is 1.57. The van der Waals surface area contributed by atoms with E-state index in [1.165, 1.54) is 0 Å². The maximum atomic E-state index is 10.7. The van der Waals surface area contributed by atoms with Gasteiger partial charge in [-0.2, -0.15) is 0 Å². The summed E-state index contributed by atoms with van der Waals surface area (Å²) >= 11 is 0. The first-order chi connectivity index (χ1) is 4.70. The second-order valence-corrected chi connectivity index (χ2v) is 2.06. The summed E-state index contributed by atoms with van der Waals surface area (Å²) in [6, 6.07) is 0. The molecule has 0 rings (SSSR count). The standard InChI is InChI=1S/C7H14O3/c1-4-10-7(8)5-6(2)9-3/h6H,4-5H2,1-3H3/t6-/m1/s1. The highest BCUT2D eigenvalue weighted by atomic mass is 16.5. The Balaban J connectivity index is 3.37. The van der Waals surface area contributed by atoms with E-state index in [4.69, 9.17) is 9.47 Å². The number of esters is 1. The molecule has 1 atom stereocenters. The van der Waals surface area contributed by atoms with E-state index in [9.17, 15) is 4.79 Å². The van der Waals surface area contributed by atoms with Crippen LogP contribution in [-0.2, 0) is 14.3 Å². The van der Waals surface area contributed by atoms with Gasteiger partial charge in [-0.3, -0.25) is 4.79 Å². The van der Waals surface area contributed by atoms with Crippen LogP contribution in [0.15, 0.2) is 0 Å². The minimum absolute atomic E-state index is 0.0425. The molecule has 0 N–H and O–H groups in total. The van der Waals surface area contributed by atoms with Crippen LogP contribution < -0.4 is 0 Å². The van der Waals surface area contributed by atoms with Gasteiger partial charge in [0.05, 0.1) is 19.1 Å². The molecular weight excluding hydrogens is 132 g/mol. The molecule has 0 aliphatic carbocycles. The van der Waals surface area contributed by atoms with E-state index >= 15 is 0 Å². The molecule has 0 heterocycles. The molecule has 0 aromatic carbocycles. The molecule has 0 aromatic heterocycles. The lowest BCUT2D eigenvalue weighted by molar-refractivity contribution is -0.145. The largest absolute Gasteiger partial charge is 0.466 e. The van der Waals surface area contributed by atoms with Crippen LogP contribution >= 0.6 is 0 Å². The lowest BCUT2D eigenvalue weighted by Crippen LogP contribution is -2.14. The zero-order valence-corrected chi connectivity index (χ0v) is 6.72. The zero-order valence-electron chi connectivity index (χ0n) is 6.72. The summed E-state index contributed by atoms with van der Waals surface area (Å²) < 4.78 is 9.56. The van der Waals surface area contributed by atoms with Gasteiger partial charge in [-0.05, 0) is 13.8 Å². The smallest absolute Gasteiger partial charge is 0.308 e. The Morgan fingerprint density at radius 2 is 2.20 bits per heavy atom. The Morgan fingerprint density at radius 1 is 1.60 bits per heavy atom. The summed E-state index contributed by atoms with van der Waals surface area (Å²) in [5, 5.41) is 0. The topological polar surface area (TPSA) is 35.5 Å². The second-order valence-electron chi connectivity index (χ2n) is 2.06. The molecule has 0 bridgehead atoms. The van der Waals surface area contributed by atoms with Crippen molar-refractivity contribution < 1.29 is 14.3 Å². The van der Waals surface area contributed by atoms with Crippen molar-refractivity contribution in [3.8, 4) is 0 Å². The Hall–Kier alpha value is -0.570. The summed E-state index contributed by atoms with van der Waals surface area (Å²) in [6.45, 7) is 4.06. The highest BCUT2D eigenvalue weighted by molar-refractivity contribution is 5.69. The number of methoxy groups -OCH3 is 1. The van der Waals surface area contributed by atoms with E-state index in [2.05, 4.69) is 0 Å². The number of carbonyl (C=O) groups excluding carboxylic acids is 1. The highest BCUT2D eigenvalue weighted by Gasteiger charge is 2.07.